The molecule has 0 heteroatoms. The van der Waals surface area contributed by atoms with Gasteiger partial charge in [0.1, 0.15) is 0 Å². The molecule has 0 nitrogen and oxygen atoms in total. The highest BCUT2D eigenvalue weighted by atomic mass is 14.4. The fourth-order valence-corrected chi connectivity index (χ4v) is 11.0. The summed E-state index contributed by atoms with van der Waals surface area (Å²) in [6.07, 6.45) is 6.70. The van der Waals surface area contributed by atoms with Crippen molar-refractivity contribution in [3.63, 3.8) is 0 Å². The molecule has 11 rings (SSSR count). The molecule has 0 N–H and O–H groups in total. The van der Waals surface area contributed by atoms with Crippen LogP contribution in [-0.2, 0) is 36.5 Å². The largest absolute Gasteiger partial charge is 0.0619 e. The Bertz CT molecular complexity index is 2460. The van der Waals surface area contributed by atoms with E-state index in [0.717, 1.165) is 25.7 Å². The zero-order valence-corrected chi connectivity index (χ0v) is 29.6. The summed E-state index contributed by atoms with van der Waals surface area (Å²) in [4.78, 5) is 0. The fraction of sp³-hybridized carbons (Fsp3) is 0.240. The third-order valence-corrected chi connectivity index (χ3v) is 13.2. The van der Waals surface area contributed by atoms with Crippen LogP contribution in [0.2, 0.25) is 0 Å². The monoisotopic (exact) mass is 642 g/mol. The van der Waals surface area contributed by atoms with Gasteiger partial charge in [0.05, 0.1) is 0 Å². The van der Waals surface area contributed by atoms with Crippen LogP contribution in [0.25, 0.3) is 66.1 Å². The van der Waals surface area contributed by atoms with E-state index in [1.807, 2.05) is 0 Å². The summed E-state index contributed by atoms with van der Waals surface area (Å²) in [6, 6.07) is 42.3. The highest BCUT2D eigenvalue weighted by Crippen LogP contribution is 2.58. The van der Waals surface area contributed by atoms with E-state index in [4.69, 9.17) is 0 Å². The predicted molar refractivity (Wildman–Crippen MR) is 212 cm³/mol. The Morgan fingerprint density at radius 2 is 0.760 bits per heavy atom. The number of hydrogen-bond donors (Lipinski definition) is 0. The normalized spacial score (nSPS) is 17.0. The van der Waals surface area contributed by atoms with E-state index in [0.29, 0.717) is 0 Å². The minimum absolute atomic E-state index is 0.129. The Balaban J connectivity index is 1.33. The fourth-order valence-electron chi connectivity index (χ4n) is 11.0. The van der Waals surface area contributed by atoms with Crippen LogP contribution in [0, 0.1) is 0 Å². The molecule has 0 heterocycles. The quantitative estimate of drug-likeness (QED) is 0.176. The molecular formula is C50H42. The molecule has 0 saturated heterocycles. The summed E-state index contributed by atoms with van der Waals surface area (Å²) >= 11 is 0. The lowest BCUT2D eigenvalue weighted by Gasteiger charge is -2.37. The van der Waals surface area contributed by atoms with Crippen molar-refractivity contribution in [2.24, 2.45) is 0 Å². The Kier molecular flexibility index (Phi) is 5.69. The van der Waals surface area contributed by atoms with E-state index in [-0.39, 0.29) is 10.8 Å². The number of hydrogen-bond acceptors (Lipinski definition) is 0. The summed E-state index contributed by atoms with van der Waals surface area (Å²) in [5.74, 6) is 0. The Labute approximate surface area is 295 Å². The van der Waals surface area contributed by atoms with E-state index in [2.05, 4.69) is 137 Å². The molecule has 0 atom stereocenters. The van der Waals surface area contributed by atoms with Crippen molar-refractivity contribution < 1.29 is 0 Å². The zero-order chi connectivity index (χ0) is 33.5. The molecule has 0 aliphatic heterocycles. The maximum atomic E-state index is 2.49. The molecule has 0 bridgehead atoms. The van der Waals surface area contributed by atoms with E-state index in [9.17, 15) is 0 Å². The lowest BCUT2D eigenvalue weighted by Crippen LogP contribution is -2.25. The molecule has 4 aliphatic rings. The number of fused-ring (bicyclic) bond motifs is 8. The lowest BCUT2D eigenvalue weighted by molar-refractivity contribution is 0.471. The van der Waals surface area contributed by atoms with Crippen LogP contribution in [0.15, 0.2) is 109 Å². The molecule has 0 fully saturated rings. The average molecular weight is 643 g/mol. The number of rotatable bonds is 2. The first-order valence-corrected chi connectivity index (χ1v) is 18.8. The first kappa shape index (κ1) is 28.9. The van der Waals surface area contributed by atoms with Gasteiger partial charge in [-0.05, 0) is 160 Å². The second-order valence-electron chi connectivity index (χ2n) is 16.9. The van der Waals surface area contributed by atoms with Crippen molar-refractivity contribution >= 4 is 21.5 Å². The molecule has 0 unspecified atom stereocenters. The van der Waals surface area contributed by atoms with Gasteiger partial charge in [-0.25, -0.2) is 0 Å². The van der Waals surface area contributed by atoms with Gasteiger partial charge in [-0.15, -0.1) is 0 Å². The molecule has 0 saturated carbocycles. The van der Waals surface area contributed by atoms with Crippen molar-refractivity contribution in [1.82, 2.24) is 0 Å². The molecular weight excluding hydrogens is 601 g/mol. The van der Waals surface area contributed by atoms with Crippen molar-refractivity contribution in [3.8, 4) is 44.5 Å². The van der Waals surface area contributed by atoms with Gasteiger partial charge in [0.25, 0.3) is 0 Å². The van der Waals surface area contributed by atoms with Gasteiger partial charge in [0, 0.05) is 0 Å². The standard InChI is InChI=1S/C50H42/c1-49(2)25-23-29-15-11-21-37-41(29)47(49)39-27-31-13-5-7-17-33(31)43(39)45(37)35-19-9-10-20-36(35)46-38-22-12-16-30-24-26-50(3,4)48(42(30)38)40-28-32-14-6-8-18-34(32)44(40)46/h5-22H,23-28H2,1-4H3. The SMILES string of the molecule is CC1(C)CCc2cccc3c(-c4ccccc4-c4c5c(c6c7c(cccc47)CCC6(C)C)Cc4ccccc4-5)c4c(c1c23)Cc1ccccc1-4. The molecule has 7 aromatic carbocycles. The van der Waals surface area contributed by atoms with Crippen molar-refractivity contribution in [1.29, 1.82) is 0 Å². The van der Waals surface area contributed by atoms with Gasteiger partial charge in [-0.3, -0.25) is 0 Å². The number of aryl methyl sites for hydroxylation is 2. The smallest absolute Gasteiger partial charge is 0.00101 e. The molecule has 4 aliphatic carbocycles. The van der Waals surface area contributed by atoms with Gasteiger partial charge in [0.2, 0.25) is 0 Å². The van der Waals surface area contributed by atoms with Crippen LogP contribution >= 0.6 is 0 Å². The second kappa shape index (κ2) is 9.85. The van der Waals surface area contributed by atoms with Crippen LogP contribution < -0.4 is 0 Å². The number of benzene rings is 7. The van der Waals surface area contributed by atoms with E-state index >= 15 is 0 Å². The zero-order valence-electron chi connectivity index (χ0n) is 29.6. The van der Waals surface area contributed by atoms with Crippen LogP contribution in [0.1, 0.15) is 85.0 Å². The topological polar surface area (TPSA) is 0 Å². The average Bonchev–Trinajstić information content (AvgIpc) is 3.69. The summed E-state index contributed by atoms with van der Waals surface area (Å²) < 4.78 is 0. The third-order valence-electron chi connectivity index (χ3n) is 13.2. The van der Waals surface area contributed by atoms with Crippen molar-refractivity contribution in [2.45, 2.75) is 77.0 Å². The molecule has 242 valence electrons. The van der Waals surface area contributed by atoms with Crippen LogP contribution in [0.3, 0.4) is 0 Å². The Hall–Kier alpha value is -4.94. The maximum Gasteiger partial charge on any atom is -0.00101 e. The molecule has 0 amide bonds. The van der Waals surface area contributed by atoms with E-state index in [1.165, 1.54) is 101 Å². The highest BCUT2D eigenvalue weighted by Gasteiger charge is 2.40. The summed E-state index contributed by atoms with van der Waals surface area (Å²) in [5, 5.41) is 5.90. The van der Waals surface area contributed by atoms with Gasteiger partial charge >= 0.3 is 0 Å². The van der Waals surface area contributed by atoms with Gasteiger partial charge in [-0.1, -0.05) is 137 Å². The van der Waals surface area contributed by atoms with Crippen LogP contribution in [0.5, 0.6) is 0 Å². The molecule has 0 spiro atoms. The Morgan fingerprint density at radius 3 is 1.20 bits per heavy atom. The minimum Gasteiger partial charge on any atom is -0.0619 e. The molecule has 7 aromatic rings. The molecule has 0 radical (unpaired) electrons. The van der Waals surface area contributed by atoms with E-state index < -0.39 is 0 Å². The highest BCUT2D eigenvalue weighted by molar-refractivity contribution is 6.17. The maximum absolute atomic E-state index is 2.49. The first-order chi connectivity index (χ1) is 24.3. The van der Waals surface area contributed by atoms with Crippen molar-refractivity contribution in [2.75, 3.05) is 0 Å². The third kappa shape index (κ3) is 3.67. The Morgan fingerprint density at radius 1 is 0.380 bits per heavy atom. The molecule has 0 aromatic heterocycles. The van der Waals surface area contributed by atoms with Gasteiger partial charge < -0.3 is 0 Å². The predicted octanol–water partition coefficient (Wildman–Crippen LogP) is 12.9. The summed E-state index contributed by atoms with van der Waals surface area (Å²) in [7, 11) is 0. The van der Waals surface area contributed by atoms with Crippen molar-refractivity contribution in [3.05, 3.63) is 154 Å². The van der Waals surface area contributed by atoms with Crippen LogP contribution in [-0.4, -0.2) is 0 Å². The van der Waals surface area contributed by atoms with Gasteiger partial charge in [0.15, 0.2) is 0 Å². The summed E-state index contributed by atoms with van der Waals surface area (Å²) in [6.45, 7) is 9.97. The second-order valence-corrected chi connectivity index (χ2v) is 16.9. The summed E-state index contributed by atoms with van der Waals surface area (Å²) in [5.41, 5.74) is 24.0. The van der Waals surface area contributed by atoms with E-state index in [1.54, 1.807) is 22.3 Å². The van der Waals surface area contributed by atoms with Crippen LogP contribution in [0.4, 0.5) is 0 Å². The minimum atomic E-state index is 0.129. The lowest BCUT2D eigenvalue weighted by atomic mass is 9.67. The first-order valence-electron chi connectivity index (χ1n) is 18.8. The molecule has 50 heavy (non-hydrogen) atoms. The van der Waals surface area contributed by atoms with Gasteiger partial charge in [-0.2, -0.15) is 0 Å².